The molecule has 0 bridgehead atoms. The maximum Gasteiger partial charge on any atom is 0.177 e. The van der Waals surface area contributed by atoms with Crippen molar-refractivity contribution < 1.29 is 8.42 Å². The third kappa shape index (κ3) is 2.75. The van der Waals surface area contributed by atoms with Crippen LogP contribution in [0.4, 0.5) is 0 Å². The van der Waals surface area contributed by atoms with E-state index in [1.807, 2.05) is 30.3 Å². The quantitative estimate of drug-likeness (QED) is 0.739. The summed E-state index contributed by atoms with van der Waals surface area (Å²) in [5.74, 6) is 0.498. The Morgan fingerprint density at radius 1 is 1.05 bits per heavy atom. The Morgan fingerprint density at radius 3 is 2.36 bits per heavy atom. The summed E-state index contributed by atoms with van der Waals surface area (Å²) in [4.78, 5) is 4.34. The van der Waals surface area contributed by atoms with Crippen molar-refractivity contribution >= 4 is 21.4 Å². The van der Waals surface area contributed by atoms with E-state index in [4.69, 9.17) is 11.6 Å². The SMILES string of the molecule is CS(=O)(=O)c1ccc(-n2ncc(Cl)c2-c2ccccc2)nc1. The predicted molar refractivity (Wildman–Crippen MR) is 84.9 cm³/mol. The van der Waals surface area contributed by atoms with Gasteiger partial charge in [-0.2, -0.15) is 5.10 Å². The van der Waals surface area contributed by atoms with Gasteiger partial charge in [-0.15, -0.1) is 0 Å². The Kier molecular flexibility index (Phi) is 3.72. The largest absolute Gasteiger partial charge is 0.236 e. The fourth-order valence-corrected chi connectivity index (χ4v) is 2.87. The molecule has 0 spiro atoms. The van der Waals surface area contributed by atoms with Gasteiger partial charge < -0.3 is 0 Å². The number of hydrogen-bond acceptors (Lipinski definition) is 4. The lowest BCUT2D eigenvalue weighted by Gasteiger charge is -2.08. The zero-order chi connectivity index (χ0) is 15.7. The molecule has 1 aromatic carbocycles. The van der Waals surface area contributed by atoms with Gasteiger partial charge in [-0.25, -0.2) is 18.1 Å². The molecule has 0 radical (unpaired) electrons. The van der Waals surface area contributed by atoms with E-state index in [0.717, 1.165) is 11.8 Å². The lowest BCUT2D eigenvalue weighted by Crippen LogP contribution is -2.04. The number of halogens is 1. The molecule has 112 valence electrons. The highest BCUT2D eigenvalue weighted by atomic mass is 35.5. The third-order valence-corrected chi connectivity index (χ3v) is 4.51. The number of pyridine rings is 1. The number of aromatic nitrogens is 3. The monoisotopic (exact) mass is 333 g/mol. The lowest BCUT2D eigenvalue weighted by molar-refractivity contribution is 0.601. The second kappa shape index (κ2) is 5.55. The van der Waals surface area contributed by atoms with Crippen molar-refractivity contribution in [1.29, 1.82) is 0 Å². The topological polar surface area (TPSA) is 64.8 Å². The van der Waals surface area contributed by atoms with Gasteiger partial charge >= 0.3 is 0 Å². The van der Waals surface area contributed by atoms with Crippen molar-refractivity contribution in [2.45, 2.75) is 4.90 Å². The second-order valence-electron chi connectivity index (χ2n) is 4.74. The van der Waals surface area contributed by atoms with Crippen LogP contribution in [0.1, 0.15) is 0 Å². The van der Waals surface area contributed by atoms with Crippen LogP contribution in [0.25, 0.3) is 17.1 Å². The van der Waals surface area contributed by atoms with Gasteiger partial charge in [-0.3, -0.25) is 0 Å². The van der Waals surface area contributed by atoms with Crippen LogP contribution < -0.4 is 0 Å². The summed E-state index contributed by atoms with van der Waals surface area (Å²) < 4.78 is 24.6. The minimum Gasteiger partial charge on any atom is -0.236 e. The first-order chi connectivity index (χ1) is 10.5. The third-order valence-electron chi connectivity index (χ3n) is 3.14. The van der Waals surface area contributed by atoms with E-state index in [1.165, 1.54) is 18.5 Å². The predicted octanol–water partition coefficient (Wildman–Crippen LogP) is 2.99. The van der Waals surface area contributed by atoms with Crippen molar-refractivity contribution in [1.82, 2.24) is 14.8 Å². The van der Waals surface area contributed by atoms with E-state index in [1.54, 1.807) is 10.7 Å². The van der Waals surface area contributed by atoms with Crippen LogP contribution in [0.5, 0.6) is 0 Å². The van der Waals surface area contributed by atoms with E-state index in [0.29, 0.717) is 16.5 Å². The maximum absolute atomic E-state index is 11.5. The first kappa shape index (κ1) is 14.7. The fourth-order valence-electron chi connectivity index (χ4n) is 2.08. The Bertz CT molecular complexity index is 904. The summed E-state index contributed by atoms with van der Waals surface area (Å²) in [7, 11) is -3.28. The van der Waals surface area contributed by atoms with Crippen LogP contribution in [0, 0.1) is 0 Å². The van der Waals surface area contributed by atoms with Crippen LogP contribution >= 0.6 is 11.6 Å². The standard InChI is InChI=1S/C15H12ClN3O2S/c1-22(20,21)12-7-8-14(17-9-12)19-15(13(16)10-18-19)11-5-3-2-4-6-11/h2-10H,1H3. The molecule has 0 atom stereocenters. The van der Waals surface area contributed by atoms with Crippen molar-refractivity contribution in [2.24, 2.45) is 0 Å². The average Bonchev–Trinajstić information content (AvgIpc) is 2.89. The molecule has 0 amide bonds. The minimum absolute atomic E-state index is 0.163. The fraction of sp³-hybridized carbons (Fsp3) is 0.0667. The summed E-state index contributed by atoms with van der Waals surface area (Å²) in [5.41, 5.74) is 1.61. The van der Waals surface area contributed by atoms with E-state index in [9.17, 15) is 8.42 Å². The number of benzene rings is 1. The molecule has 5 nitrogen and oxygen atoms in total. The average molecular weight is 334 g/mol. The number of rotatable bonds is 3. The molecule has 0 aliphatic carbocycles. The molecular weight excluding hydrogens is 322 g/mol. The minimum atomic E-state index is -3.28. The molecule has 3 rings (SSSR count). The summed E-state index contributed by atoms with van der Waals surface area (Å²) in [6, 6.07) is 12.7. The van der Waals surface area contributed by atoms with E-state index >= 15 is 0 Å². The summed E-state index contributed by atoms with van der Waals surface area (Å²) in [6.45, 7) is 0. The first-order valence-electron chi connectivity index (χ1n) is 6.42. The van der Waals surface area contributed by atoms with Gasteiger partial charge in [0, 0.05) is 18.0 Å². The van der Waals surface area contributed by atoms with Gasteiger partial charge in [0.1, 0.15) is 0 Å². The van der Waals surface area contributed by atoms with Gasteiger partial charge in [0.15, 0.2) is 15.7 Å². The molecule has 3 aromatic rings. The number of hydrogen-bond donors (Lipinski definition) is 0. The number of sulfone groups is 1. The van der Waals surface area contributed by atoms with Crippen molar-refractivity contribution in [3.05, 3.63) is 59.9 Å². The molecule has 0 fully saturated rings. The molecule has 0 aliphatic heterocycles. The van der Waals surface area contributed by atoms with Crippen molar-refractivity contribution in [3.63, 3.8) is 0 Å². The van der Waals surface area contributed by atoms with Gasteiger partial charge in [0.2, 0.25) is 0 Å². The zero-order valence-corrected chi connectivity index (χ0v) is 13.2. The Labute approximate surface area is 133 Å². The summed E-state index contributed by atoms with van der Waals surface area (Å²) in [6.07, 6.45) is 3.99. The van der Waals surface area contributed by atoms with Crippen molar-refractivity contribution in [3.8, 4) is 17.1 Å². The molecule has 0 saturated heterocycles. The van der Waals surface area contributed by atoms with Crippen LogP contribution in [0.15, 0.2) is 59.8 Å². The smallest absolute Gasteiger partial charge is 0.177 e. The molecule has 2 heterocycles. The van der Waals surface area contributed by atoms with E-state index in [-0.39, 0.29) is 4.90 Å². The molecule has 0 unspecified atom stereocenters. The van der Waals surface area contributed by atoms with Crippen LogP contribution in [0.3, 0.4) is 0 Å². The number of nitrogens with zero attached hydrogens (tertiary/aromatic N) is 3. The van der Waals surface area contributed by atoms with Gasteiger partial charge in [-0.05, 0) is 12.1 Å². The Hall–Kier alpha value is -2.18. The summed E-state index contributed by atoms with van der Waals surface area (Å²) >= 11 is 6.23. The lowest BCUT2D eigenvalue weighted by atomic mass is 10.1. The van der Waals surface area contributed by atoms with Crippen LogP contribution in [0.2, 0.25) is 5.02 Å². The van der Waals surface area contributed by atoms with E-state index in [2.05, 4.69) is 10.1 Å². The Balaban J connectivity index is 2.11. The second-order valence-corrected chi connectivity index (χ2v) is 7.17. The molecule has 2 aromatic heterocycles. The highest BCUT2D eigenvalue weighted by molar-refractivity contribution is 7.90. The van der Waals surface area contributed by atoms with Crippen LogP contribution in [-0.4, -0.2) is 29.4 Å². The zero-order valence-electron chi connectivity index (χ0n) is 11.6. The van der Waals surface area contributed by atoms with Crippen LogP contribution in [-0.2, 0) is 9.84 Å². The maximum atomic E-state index is 11.5. The Morgan fingerprint density at radius 2 is 1.77 bits per heavy atom. The molecule has 22 heavy (non-hydrogen) atoms. The summed E-state index contributed by atoms with van der Waals surface area (Å²) in [5, 5.41) is 4.73. The van der Waals surface area contributed by atoms with Gasteiger partial charge in [-0.1, -0.05) is 41.9 Å². The normalized spacial score (nSPS) is 11.5. The molecule has 0 saturated carbocycles. The molecule has 0 N–H and O–H groups in total. The highest BCUT2D eigenvalue weighted by Gasteiger charge is 2.14. The van der Waals surface area contributed by atoms with Crippen molar-refractivity contribution in [2.75, 3.05) is 6.26 Å². The molecule has 7 heteroatoms. The molecule has 0 aliphatic rings. The molecular formula is C15H12ClN3O2S. The van der Waals surface area contributed by atoms with E-state index < -0.39 is 9.84 Å². The highest BCUT2D eigenvalue weighted by Crippen LogP contribution is 2.29. The van der Waals surface area contributed by atoms with Gasteiger partial charge in [0.05, 0.1) is 21.8 Å². The first-order valence-corrected chi connectivity index (χ1v) is 8.69. The van der Waals surface area contributed by atoms with Gasteiger partial charge in [0.25, 0.3) is 0 Å².